The van der Waals surface area contributed by atoms with Gasteiger partial charge in [-0.2, -0.15) is 17.0 Å². The fourth-order valence-corrected chi connectivity index (χ4v) is 5.48. The van der Waals surface area contributed by atoms with Gasteiger partial charge in [0.2, 0.25) is 5.91 Å². The number of aryl methyl sites for hydroxylation is 1. The zero-order valence-corrected chi connectivity index (χ0v) is 15.8. The molecule has 25 heavy (non-hydrogen) atoms. The monoisotopic (exact) mass is 365 g/mol. The van der Waals surface area contributed by atoms with Crippen molar-refractivity contribution in [1.82, 2.24) is 13.5 Å². The lowest BCUT2D eigenvalue weighted by atomic mass is 10.1. The Morgan fingerprint density at radius 2 is 1.80 bits per heavy atom. The number of piperidine rings is 1. The maximum Gasteiger partial charge on any atom is 0.282 e. The van der Waals surface area contributed by atoms with Crippen molar-refractivity contribution in [2.24, 2.45) is 0 Å². The van der Waals surface area contributed by atoms with Gasteiger partial charge in [-0.15, -0.1) is 0 Å². The van der Waals surface area contributed by atoms with Crippen LogP contribution in [0.1, 0.15) is 37.3 Å². The van der Waals surface area contributed by atoms with E-state index in [0.717, 1.165) is 30.4 Å². The second-order valence-corrected chi connectivity index (χ2v) is 8.88. The molecule has 138 valence electrons. The lowest BCUT2D eigenvalue weighted by Gasteiger charge is -2.41. The quantitative estimate of drug-likeness (QED) is 0.817. The summed E-state index contributed by atoms with van der Waals surface area (Å²) in [5, 5.41) is 0. The van der Waals surface area contributed by atoms with E-state index < -0.39 is 16.3 Å². The summed E-state index contributed by atoms with van der Waals surface area (Å²) in [5.74, 6) is -0.117. The van der Waals surface area contributed by atoms with Crippen LogP contribution in [0.2, 0.25) is 0 Å². The van der Waals surface area contributed by atoms with Gasteiger partial charge < -0.3 is 4.90 Å². The molecule has 2 aliphatic rings. The van der Waals surface area contributed by atoms with E-state index in [9.17, 15) is 13.2 Å². The third-order valence-electron chi connectivity index (χ3n) is 5.08. The summed E-state index contributed by atoms with van der Waals surface area (Å²) in [4.78, 5) is 14.5. The number of rotatable bonds is 4. The molecule has 0 aliphatic carbocycles. The average molecular weight is 365 g/mol. The summed E-state index contributed by atoms with van der Waals surface area (Å²) >= 11 is 0. The molecule has 1 amide bonds. The second-order valence-electron chi connectivity index (χ2n) is 7.00. The van der Waals surface area contributed by atoms with Gasteiger partial charge >= 0.3 is 0 Å². The molecule has 0 N–H and O–H groups in total. The van der Waals surface area contributed by atoms with Crippen LogP contribution in [0.15, 0.2) is 24.3 Å². The number of carbonyl (C=O) groups excluding carboxylic acids is 1. The molecule has 2 saturated heterocycles. The van der Waals surface area contributed by atoms with Gasteiger partial charge in [0.15, 0.2) is 0 Å². The fourth-order valence-electron chi connectivity index (χ4n) is 3.66. The topological polar surface area (TPSA) is 60.9 Å². The standard InChI is InChI=1S/C18H27N3O3S/c1-15-7-6-8-17(13-15)14-19-11-12-21(16(2)18(19)22)25(23,24)20-9-4-3-5-10-20/h6-8,13,16H,3-5,9-12,14H2,1-2H3. The van der Waals surface area contributed by atoms with Crippen molar-refractivity contribution in [2.75, 3.05) is 26.2 Å². The average Bonchev–Trinajstić information content (AvgIpc) is 2.60. The first-order valence-corrected chi connectivity index (χ1v) is 10.4. The summed E-state index contributed by atoms with van der Waals surface area (Å²) in [6, 6.07) is 7.43. The van der Waals surface area contributed by atoms with Gasteiger partial charge in [-0.05, 0) is 32.3 Å². The van der Waals surface area contributed by atoms with Gasteiger partial charge in [0.25, 0.3) is 10.2 Å². The highest BCUT2D eigenvalue weighted by molar-refractivity contribution is 7.86. The lowest BCUT2D eigenvalue weighted by molar-refractivity contribution is -0.139. The van der Waals surface area contributed by atoms with Crippen LogP contribution in [0.25, 0.3) is 0 Å². The Balaban J connectivity index is 1.70. The molecule has 0 aromatic heterocycles. The summed E-state index contributed by atoms with van der Waals surface area (Å²) in [5.41, 5.74) is 2.23. The molecule has 1 aromatic carbocycles. The van der Waals surface area contributed by atoms with E-state index in [1.54, 1.807) is 11.8 Å². The lowest BCUT2D eigenvalue weighted by Crippen LogP contribution is -2.60. The van der Waals surface area contributed by atoms with Gasteiger partial charge in [0.1, 0.15) is 6.04 Å². The van der Waals surface area contributed by atoms with Gasteiger partial charge in [-0.1, -0.05) is 36.2 Å². The van der Waals surface area contributed by atoms with Crippen molar-refractivity contribution >= 4 is 16.1 Å². The third kappa shape index (κ3) is 3.88. The van der Waals surface area contributed by atoms with E-state index in [4.69, 9.17) is 0 Å². The Bertz CT molecular complexity index is 729. The van der Waals surface area contributed by atoms with Crippen molar-refractivity contribution in [3.8, 4) is 0 Å². The molecule has 0 saturated carbocycles. The summed E-state index contributed by atoms with van der Waals surface area (Å²) in [7, 11) is -3.55. The van der Waals surface area contributed by atoms with Gasteiger partial charge in [-0.3, -0.25) is 4.79 Å². The van der Waals surface area contributed by atoms with Gasteiger partial charge in [0, 0.05) is 32.7 Å². The van der Waals surface area contributed by atoms with Crippen molar-refractivity contribution in [3.05, 3.63) is 35.4 Å². The molecule has 1 atom stereocenters. The molecule has 0 bridgehead atoms. The number of piperazine rings is 1. The van der Waals surface area contributed by atoms with Crippen LogP contribution in [0.4, 0.5) is 0 Å². The van der Waals surface area contributed by atoms with Gasteiger partial charge in [0.05, 0.1) is 0 Å². The summed E-state index contributed by atoms with van der Waals surface area (Å²) in [6.07, 6.45) is 2.87. The minimum absolute atomic E-state index is 0.117. The van der Waals surface area contributed by atoms with Crippen molar-refractivity contribution in [2.45, 2.75) is 45.7 Å². The Morgan fingerprint density at radius 1 is 1.08 bits per heavy atom. The molecule has 1 aromatic rings. The molecule has 0 spiro atoms. The van der Waals surface area contributed by atoms with E-state index in [0.29, 0.717) is 32.7 Å². The molecule has 2 fully saturated rings. The van der Waals surface area contributed by atoms with E-state index in [2.05, 4.69) is 6.07 Å². The summed E-state index contributed by atoms with van der Waals surface area (Å²) in [6.45, 7) is 6.17. The van der Waals surface area contributed by atoms with Crippen LogP contribution in [-0.4, -0.2) is 60.1 Å². The second kappa shape index (κ2) is 7.43. The highest BCUT2D eigenvalue weighted by atomic mass is 32.2. The maximum atomic E-state index is 12.9. The molecule has 6 nitrogen and oxygen atoms in total. The molecule has 3 rings (SSSR count). The van der Waals surface area contributed by atoms with Crippen LogP contribution < -0.4 is 0 Å². The smallest absolute Gasteiger partial charge is 0.282 e. The molecule has 1 unspecified atom stereocenters. The maximum absolute atomic E-state index is 12.9. The normalized spacial score (nSPS) is 23.8. The van der Waals surface area contributed by atoms with E-state index in [-0.39, 0.29) is 5.91 Å². The minimum atomic E-state index is -3.55. The van der Waals surface area contributed by atoms with Crippen molar-refractivity contribution in [1.29, 1.82) is 0 Å². The number of nitrogens with zero attached hydrogens (tertiary/aromatic N) is 3. The highest BCUT2D eigenvalue weighted by Gasteiger charge is 2.41. The van der Waals surface area contributed by atoms with Crippen molar-refractivity contribution in [3.63, 3.8) is 0 Å². The molecular formula is C18H27N3O3S. The Labute approximate surface area is 150 Å². The SMILES string of the molecule is Cc1cccc(CN2CCN(S(=O)(=O)N3CCCCC3)C(C)C2=O)c1. The van der Waals surface area contributed by atoms with E-state index in [1.165, 1.54) is 8.61 Å². The highest BCUT2D eigenvalue weighted by Crippen LogP contribution is 2.23. The van der Waals surface area contributed by atoms with Crippen LogP contribution >= 0.6 is 0 Å². The first kappa shape index (κ1) is 18.4. The van der Waals surface area contributed by atoms with Gasteiger partial charge in [-0.25, -0.2) is 0 Å². The zero-order valence-electron chi connectivity index (χ0n) is 15.0. The van der Waals surface area contributed by atoms with Crippen LogP contribution in [0, 0.1) is 6.92 Å². The number of amides is 1. The number of hydrogen-bond acceptors (Lipinski definition) is 3. The van der Waals surface area contributed by atoms with E-state index in [1.807, 2.05) is 25.1 Å². The largest absolute Gasteiger partial charge is 0.336 e. The number of benzene rings is 1. The molecule has 7 heteroatoms. The summed E-state index contributed by atoms with van der Waals surface area (Å²) < 4.78 is 28.7. The Morgan fingerprint density at radius 3 is 2.48 bits per heavy atom. The zero-order chi connectivity index (χ0) is 18.0. The van der Waals surface area contributed by atoms with E-state index >= 15 is 0 Å². The molecule has 0 radical (unpaired) electrons. The molecular weight excluding hydrogens is 338 g/mol. The van der Waals surface area contributed by atoms with Crippen LogP contribution in [-0.2, 0) is 21.5 Å². The fraction of sp³-hybridized carbons (Fsp3) is 0.611. The molecule has 2 aliphatic heterocycles. The Hall–Kier alpha value is -1.44. The first-order valence-electron chi connectivity index (χ1n) is 9.01. The minimum Gasteiger partial charge on any atom is -0.336 e. The number of carbonyl (C=O) groups is 1. The van der Waals surface area contributed by atoms with Crippen LogP contribution in [0.3, 0.4) is 0 Å². The van der Waals surface area contributed by atoms with Crippen LogP contribution in [0.5, 0.6) is 0 Å². The molecule has 2 heterocycles. The predicted molar refractivity (Wildman–Crippen MR) is 97.1 cm³/mol. The number of hydrogen-bond donors (Lipinski definition) is 0. The van der Waals surface area contributed by atoms with Crippen molar-refractivity contribution < 1.29 is 13.2 Å². The Kier molecular flexibility index (Phi) is 5.46. The first-order chi connectivity index (χ1) is 11.9. The third-order valence-corrected chi connectivity index (χ3v) is 7.19. The predicted octanol–water partition coefficient (Wildman–Crippen LogP) is 1.76.